The first-order valence-corrected chi connectivity index (χ1v) is 4.07. The maximum atomic E-state index is 11.3. The van der Waals surface area contributed by atoms with Crippen molar-refractivity contribution in [2.75, 3.05) is 13.2 Å². The van der Waals surface area contributed by atoms with Gasteiger partial charge in [-0.1, -0.05) is 0 Å². The molecule has 2 amide bonds. The fraction of sp³-hybridized carbons (Fsp3) is 0.750. The Balaban J connectivity index is 2.53. The van der Waals surface area contributed by atoms with Gasteiger partial charge in [-0.2, -0.15) is 0 Å². The van der Waals surface area contributed by atoms with E-state index >= 15 is 0 Å². The van der Waals surface area contributed by atoms with E-state index in [4.69, 9.17) is 4.74 Å². The summed E-state index contributed by atoms with van der Waals surface area (Å²) < 4.78 is 9.57. The monoisotopic (exact) mass is 187 g/mol. The van der Waals surface area contributed by atoms with Crippen LogP contribution >= 0.6 is 0 Å². The van der Waals surface area contributed by atoms with E-state index in [2.05, 4.69) is 4.74 Å². The van der Waals surface area contributed by atoms with Gasteiger partial charge < -0.3 is 9.47 Å². The van der Waals surface area contributed by atoms with Crippen LogP contribution in [0.3, 0.4) is 0 Å². The van der Waals surface area contributed by atoms with Crippen LogP contribution in [-0.4, -0.2) is 35.8 Å². The van der Waals surface area contributed by atoms with E-state index in [0.717, 1.165) is 4.90 Å². The Bertz CT molecular complexity index is 231. The van der Waals surface area contributed by atoms with E-state index < -0.39 is 17.8 Å². The van der Waals surface area contributed by atoms with Crippen molar-refractivity contribution in [2.45, 2.75) is 26.4 Å². The van der Waals surface area contributed by atoms with Crippen LogP contribution in [0.1, 0.15) is 20.8 Å². The second-order valence-electron chi connectivity index (χ2n) is 3.75. The van der Waals surface area contributed by atoms with Crippen LogP contribution in [0.4, 0.5) is 9.59 Å². The molecule has 0 atom stereocenters. The standard InChI is InChI=1S/C8H13NO4/c1-8(2,3)13-7(11)9-4-5-12-6(9)10/h4-5H2,1-3H3. The van der Waals surface area contributed by atoms with Crippen LogP contribution in [0.5, 0.6) is 0 Å². The smallest absolute Gasteiger partial charge is 0.419 e. The summed E-state index contributed by atoms with van der Waals surface area (Å²) >= 11 is 0. The van der Waals surface area contributed by atoms with Gasteiger partial charge in [0.25, 0.3) is 0 Å². The van der Waals surface area contributed by atoms with Gasteiger partial charge in [-0.3, -0.25) is 0 Å². The Morgan fingerprint density at radius 1 is 1.54 bits per heavy atom. The summed E-state index contributed by atoms with van der Waals surface area (Å²) in [5.74, 6) is 0. The summed E-state index contributed by atoms with van der Waals surface area (Å²) in [7, 11) is 0. The molecule has 0 spiro atoms. The van der Waals surface area contributed by atoms with E-state index in [0.29, 0.717) is 0 Å². The van der Waals surface area contributed by atoms with Crippen LogP contribution in [0.25, 0.3) is 0 Å². The predicted molar refractivity (Wildman–Crippen MR) is 44.3 cm³/mol. The first-order chi connectivity index (χ1) is 5.90. The summed E-state index contributed by atoms with van der Waals surface area (Å²) in [5.41, 5.74) is -0.583. The van der Waals surface area contributed by atoms with Crippen LogP contribution < -0.4 is 0 Å². The SMILES string of the molecule is CC(C)(C)OC(=O)N1CCOC1=O. The molecule has 0 N–H and O–H groups in total. The zero-order valence-corrected chi connectivity index (χ0v) is 7.99. The lowest BCUT2D eigenvalue weighted by Crippen LogP contribution is -2.37. The molecule has 1 rings (SSSR count). The van der Waals surface area contributed by atoms with Gasteiger partial charge >= 0.3 is 12.2 Å². The Morgan fingerprint density at radius 3 is 2.54 bits per heavy atom. The number of ether oxygens (including phenoxy) is 2. The summed E-state index contributed by atoms with van der Waals surface area (Å²) in [6.07, 6.45) is -1.27. The van der Waals surface area contributed by atoms with Crippen molar-refractivity contribution in [3.63, 3.8) is 0 Å². The van der Waals surface area contributed by atoms with Crippen molar-refractivity contribution in [3.05, 3.63) is 0 Å². The maximum absolute atomic E-state index is 11.3. The van der Waals surface area contributed by atoms with E-state index in [1.807, 2.05) is 0 Å². The summed E-state index contributed by atoms with van der Waals surface area (Å²) in [6, 6.07) is 0. The van der Waals surface area contributed by atoms with Crippen LogP contribution in [0.2, 0.25) is 0 Å². The molecule has 0 bridgehead atoms. The summed E-state index contributed by atoms with van der Waals surface area (Å²) in [4.78, 5) is 23.1. The molecule has 74 valence electrons. The molecule has 13 heavy (non-hydrogen) atoms. The number of imide groups is 1. The molecule has 0 radical (unpaired) electrons. The largest absolute Gasteiger partial charge is 0.447 e. The van der Waals surface area contributed by atoms with Gasteiger partial charge in [0.05, 0.1) is 6.54 Å². The zero-order chi connectivity index (χ0) is 10.1. The Kier molecular flexibility index (Phi) is 2.45. The van der Waals surface area contributed by atoms with Gasteiger partial charge in [0, 0.05) is 0 Å². The maximum Gasteiger partial charge on any atom is 0.419 e. The number of hydrogen-bond acceptors (Lipinski definition) is 4. The minimum absolute atomic E-state index is 0.248. The fourth-order valence-corrected chi connectivity index (χ4v) is 0.876. The second-order valence-corrected chi connectivity index (χ2v) is 3.75. The number of hydrogen-bond donors (Lipinski definition) is 0. The lowest BCUT2D eigenvalue weighted by Gasteiger charge is -2.21. The van der Waals surface area contributed by atoms with Gasteiger partial charge in [-0.15, -0.1) is 0 Å². The average molecular weight is 187 g/mol. The first-order valence-electron chi connectivity index (χ1n) is 4.07. The molecule has 0 aliphatic carbocycles. The van der Waals surface area contributed by atoms with E-state index in [-0.39, 0.29) is 13.2 Å². The molecular formula is C8H13NO4. The molecular weight excluding hydrogens is 174 g/mol. The van der Waals surface area contributed by atoms with Crippen LogP contribution in [0, 0.1) is 0 Å². The summed E-state index contributed by atoms with van der Waals surface area (Å²) in [6.45, 7) is 5.75. The van der Waals surface area contributed by atoms with E-state index in [1.165, 1.54) is 0 Å². The molecule has 1 saturated heterocycles. The number of cyclic esters (lactones) is 1. The van der Waals surface area contributed by atoms with Crippen molar-refractivity contribution in [1.82, 2.24) is 4.90 Å². The number of carbonyl (C=O) groups is 2. The van der Waals surface area contributed by atoms with Crippen LogP contribution in [-0.2, 0) is 9.47 Å². The lowest BCUT2D eigenvalue weighted by atomic mass is 10.2. The Hall–Kier alpha value is -1.26. The van der Waals surface area contributed by atoms with Gasteiger partial charge in [0.2, 0.25) is 0 Å². The van der Waals surface area contributed by atoms with Crippen molar-refractivity contribution in [1.29, 1.82) is 0 Å². The molecule has 1 heterocycles. The molecule has 5 heteroatoms. The zero-order valence-electron chi connectivity index (χ0n) is 7.99. The number of amides is 2. The highest BCUT2D eigenvalue weighted by Gasteiger charge is 2.32. The quantitative estimate of drug-likeness (QED) is 0.574. The number of nitrogens with zero attached hydrogens (tertiary/aromatic N) is 1. The number of rotatable bonds is 0. The van der Waals surface area contributed by atoms with Gasteiger partial charge in [-0.05, 0) is 20.8 Å². The summed E-state index contributed by atoms with van der Waals surface area (Å²) in [5, 5.41) is 0. The highest BCUT2D eigenvalue weighted by molar-refractivity contribution is 5.89. The highest BCUT2D eigenvalue weighted by atomic mass is 16.6. The van der Waals surface area contributed by atoms with Crippen molar-refractivity contribution in [3.8, 4) is 0 Å². The lowest BCUT2D eigenvalue weighted by molar-refractivity contribution is 0.0339. The molecule has 0 aromatic rings. The molecule has 1 aliphatic heterocycles. The van der Waals surface area contributed by atoms with Crippen LogP contribution in [0.15, 0.2) is 0 Å². The second kappa shape index (κ2) is 3.24. The van der Waals surface area contributed by atoms with Crippen molar-refractivity contribution < 1.29 is 19.1 Å². The van der Waals surface area contributed by atoms with Gasteiger partial charge in [0.15, 0.2) is 0 Å². The van der Waals surface area contributed by atoms with Gasteiger partial charge in [0.1, 0.15) is 12.2 Å². The van der Waals surface area contributed by atoms with E-state index in [1.54, 1.807) is 20.8 Å². The predicted octanol–water partition coefficient (Wildman–Crippen LogP) is 1.37. The molecule has 5 nitrogen and oxygen atoms in total. The number of carbonyl (C=O) groups excluding carboxylic acids is 2. The Labute approximate surface area is 76.6 Å². The third-order valence-electron chi connectivity index (χ3n) is 1.37. The normalized spacial score (nSPS) is 17.2. The molecule has 0 aromatic heterocycles. The van der Waals surface area contributed by atoms with Crippen molar-refractivity contribution in [2.24, 2.45) is 0 Å². The van der Waals surface area contributed by atoms with Gasteiger partial charge in [-0.25, -0.2) is 14.5 Å². The average Bonchev–Trinajstić information content (AvgIpc) is 2.30. The molecule has 0 aromatic carbocycles. The van der Waals surface area contributed by atoms with Crippen molar-refractivity contribution >= 4 is 12.2 Å². The minimum atomic E-state index is -0.644. The van der Waals surface area contributed by atoms with E-state index in [9.17, 15) is 9.59 Å². The fourth-order valence-electron chi connectivity index (χ4n) is 0.876. The third-order valence-corrected chi connectivity index (χ3v) is 1.37. The molecule has 0 unspecified atom stereocenters. The first kappa shape index (κ1) is 9.83. The Morgan fingerprint density at radius 2 is 2.15 bits per heavy atom. The third kappa shape index (κ3) is 2.61. The minimum Gasteiger partial charge on any atom is -0.447 e. The molecule has 0 saturated carbocycles. The topological polar surface area (TPSA) is 55.8 Å². The highest BCUT2D eigenvalue weighted by Crippen LogP contribution is 2.12. The molecule has 1 fully saturated rings. The molecule has 1 aliphatic rings.